The van der Waals surface area contributed by atoms with Crippen LogP contribution < -0.4 is 5.73 Å². The summed E-state index contributed by atoms with van der Waals surface area (Å²) in [4.78, 5) is 9.68. The van der Waals surface area contributed by atoms with E-state index in [1.54, 1.807) is 22.7 Å². The van der Waals surface area contributed by atoms with E-state index in [1.807, 2.05) is 29.9 Å². The van der Waals surface area contributed by atoms with Crippen molar-refractivity contribution in [1.29, 1.82) is 0 Å². The first kappa shape index (κ1) is 8.82. The third kappa shape index (κ3) is 1.49. The molecule has 74 valence electrons. The normalized spacial score (nSPS) is 10.9. The van der Waals surface area contributed by atoms with E-state index in [0.29, 0.717) is 0 Å². The van der Waals surface area contributed by atoms with Crippen molar-refractivity contribution in [2.24, 2.45) is 0 Å². The fourth-order valence-corrected chi connectivity index (χ4v) is 3.06. The maximum atomic E-state index is 5.72. The molecule has 5 heteroatoms. The maximum Gasteiger partial charge on any atom is 0.136 e. The molecule has 2 heterocycles. The predicted octanol–water partition coefficient (Wildman–Crippen LogP) is 3.00. The summed E-state index contributed by atoms with van der Waals surface area (Å²) in [6.07, 6.45) is 1.84. The van der Waals surface area contributed by atoms with Crippen LogP contribution >= 0.6 is 22.7 Å². The summed E-state index contributed by atoms with van der Waals surface area (Å²) in [6.45, 7) is 0. The molecule has 2 N–H and O–H groups in total. The number of benzene rings is 1. The molecule has 0 aliphatic heterocycles. The van der Waals surface area contributed by atoms with E-state index in [4.69, 9.17) is 5.73 Å². The Balaban J connectivity index is 2.22. The van der Waals surface area contributed by atoms with Crippen molar-refractivity contribution in [1.82, 2.24) is 9.97 Å². The standard InChI is InChI=1S/C10H7N3S2/c11-6-1-2-7-8(3-6)15-10(13-7)9-4-12-5-14-9/h1-5H,11H2. The Bertz CT molecular complexity index is 598. The number of hydrogen-bond acceptors (Lipinski definition) is 5. The van der Waals surface area contributed by atoms with Gasteiger partial charge in [-0.3, -0.25) is 4.98 Å². The van der Waals surface area contributed by atoms with Crippen LogP contribution in [0.4, 0.5) is 5.69 Å². The second kappa shape index (κ2) is 3.29. The minimum Gasteiger partial charge on any atom is -0.399 e. The first-order chi connectivity index (χ1) is 7.33. The van der Waals surface area contributed by atoms with Gasteiger partial charge in [0.25, 0.3) is 0 Å². The second-order valence-corrected chi connectivity index (χ2v) is 5.03. The number of hydrogen-bond donors (Lipinski definition) is 1. The molecule has 3 nitrogen and oxygen atoms in total. The predicted molar refractivity (Wildman–Crippen MR) is 65.1 cm³/mol. The first-order valence-electron chi connectivity index (χ1n) is 4.38. The van der Waals surface area contributed by atoms with Crippen LogP contribution in [0.2, 0.25) is 0 Å². The minimum absolute atomic E-state index is 0.780. The number of thiazole rings is 2. The van der Waals surface area contributed by atoms with Crippen LogP contribution in [0.1, 0.15) is 0 Å². The van der Waals surface area contributed by atoms with E-state index in [1.165, 1.54) is 0 Å². The molecule has 2 aromatic heterocycles. The summed E-state index contributed by atoms with van der Waals surface area (Å²) >= 11 is 3.25. The van der Waals surface area contributed by atoms with E-state index in [0.717, 1.165) is 25.8 Å². The van der Waals surface area contributed by atoms with Crippen LogP contribution in [0.5, 0.6) is 0 Å². The number of nitrogen functional groups attached to an aromatic ring is 1. The highest BCUT2D eigenvalue weighted by Gasteiger charge is 2.07. The third-order valence-corrected chi connectivity index (χ3v) is 4.02. The van der Waals surface area contributed by atoms with Crippen LogP contribution in [0.15, 0.2) is 29.9 Å². The average Bonchev–Trinajstić information content (AvgIpc) is 2.84. The van der Waals surface area contributed by atoms with Crippen LogP contribution in [0, 0.1) is 0 Å². The fourth-order valence-electron chi connectivity index (χ4n) is 1.37. The van der Waals surface area contributed by atoms with Crippen molar-refractivity contribution in [3.63, 3.8) is 0 Å². The molecule has 0 bridgehead atoms. The lowest BCUT2D eigenvalue weighted by Crippen LogP contribution is -1.81. The molecule has 0 atom stereocenters. The van der Waals surface area contributed by atoms with Gasteiger partial charge in [-0.2, -0.15) is 0 Å². The lowest BCUT2D eigenvalue weighted by Gasteiger charge is -1.89. The van der Waals surface area contributed by atoms with Gasteiger partial charge in [-0.05, 0) is 18.2 Å². The molecule has 3 rings (SSSR count). The van der Waals surface area contributed by atoms with Crippen molar-refractivity contribution in [2.75, 3.05) is 5.73 Å². The zero-order chi connectivity index (χ0) is 10.3. The maximum absolute atomic E-state index is 5.72. The molecule has 0 saturated carbocycles. The lowest BCUT2D eigenvalue weighted by atomic mass is 10.3. The van der Waals surface area contributed by atoms with Crippen LogP contribution in [-0.2, 0) is 0 Å². The van der Waals surface area contributed by atoms with Crippen LogP contribution in [-0.4, -0.2) is 9.97 Å². The van der Waals surface area contributed by atoms with E-state index in [9.17, 15) is 0 Å². The van der Waals surface area contributed by atoms with Crippen molar-refractivity contribution >= 4 is 38.6 Å². The van der Waals surface area contributed by atoms with Gasteiger partial charge < -0.3 is 5.73 Å². The summed E-state index contributed by atoms with van der Waals surface area (Å²) in [5.74, 6) is 0. The van der Waals surface area contributed by atoms with Crippen LogP contribution in [0.25, 0.3) is 20.1 Å². The Morgan fingerprint density at radius 3 is 3.00 bits per heavy atom. The quantitative estimate of drug-likeness (QED) is 0.657. The molecule has 15 heavy (non-hydrogen) atoms. The van der Waals surface area contributed by atoms with Crippen molar-refractivity contribution in [2.45, 2.75) is 0 Å². The molecule has 0 radical (unpaired) electrons. The highest BCUT2D eigenvalue weighted by Crippen LogP contribution is 2.32. The largest absolute Gasteiger partial charge is 0.399 e. The van der Waals surface area contributed by atoms with Crippen LogP contribution in [0.3, 0.4) is 0 Å². The summed E-state index contributed by atoms with van der Waals surface area (Å²) < 4.78 is 1.12. The summed E-state index contributed by atoms with van der Waals surface area (Å²) in [5.41, 5.74) is 9.31. The number of aromatic nitrogens is 2. The Hall–Kier alpha value is -1.46. The Morgan fingerprint density at radius 1 is 1.27 bits per heavy atom. The monoisotopic (exact) mass is 233 g/mol. The van der Waals surface area contributed by atoms with Gasteiger partial charge in [0, 0.05) is 11.9 Å². The average molecular weight is 233 g/mol. The molecule has 0 spiro atoms. The van der Waals surface area contributed by atoms with Crippen molar-refractivity contribution in [3.8, 4) is 9.88 Å². The van der Waals surface area contributed by atoms with E-state index in [-0.39, 0.29) is 0 Å². The van der Waals surface area contributed by atoms with Gasteiger partial charge in [-0.1, -0.05) is 0 Å². The molecule has 0 aliphatic carbocycles. The molecule has 3 aromatic rings. The van der Waals surface area contributed by atoms with Gasteiger partial charge in [0.05, 0.1) is 20.6 Å². The number of nitrogens with two attached hydrogens (primary N) is 1. The zero-order valence-electron chi connectivity index (χ0n) is 7.68. The second-order valence-electron chi connectivity index (χ2n) is 3.11. The Morgan fingerprint density at radius 2 is 2.20 bits per heavy atom. The molecule has 0 unspecified atom stereocenters. The number of rotatable bonds is 1. The van der Waals surface area contributed by atoms with Gasteiger partial charge >= 0.3 is 0 Å². The summed E-state index contributed by atoms with van der Waals surface area (Å²) in [6, 6.07) is 5.78. The van der Waals surface area contributed by atoms with Gasteiger partial charge in [0.1, 0.15) is 5.01 Å². The highest BCUT2D eigenvalue weighted by molar-refractivity contribution is 7.25. The lowest BCUT2D eigenvalue weighted by molar-refractivity contribution is 1.41. The zero-order valence-corrected chi connectivity index (χ0v) is 9.31. The van der Waals surface area contributed by atoms with E-state index < -0.39 is 0 Å². The topological polar surface area (TPSA) is 51.8 Å². The summed E-state index contributed by atoms with van der Waals surface area (Å²) in [7, 11) is 0. The first-order valence-corrected chi connectivity index (χ1v) is 6.07. The molecule has 0 aliphatic rings. The van der Waals surface area contributed by atoms with Gasteiger partial charge in [0.2, 0.25) is 0 Å². The fraction of sp³-hybridized carbons (Fsp3) is 0. The third-order valence-electron chi connectivity index (χ3n) is 2.06. The number of fused-ring (bicyclic) bond motifs is 1. The smallest absolute Gasteiger partial charge is 0.136 e. The number of anilines is 1. The van der Waals surface area contributed by atoms with E-state index >= 15 is 0 Å². The van der Waals surface area contributed by atoms with Crippen molar-refractivity contribution in [3.05, 3.63) is 29.9 Å². The van der Waals surface area contributed by atoms with Gasteiger partial charge in [-0.15, -0.1) is 22.7 Å². The molecule has 0 fully saturated rings. The van der Waals surface area contributed by atoms with Gasteiger partial charge in [-0.25, -0.2) is 4.98 Å². The number of nitrogens with zero attached hydrogens (tertiary/aromatic N) is 2. The summed E-state index contributed by atoms with van der Waals surface area (Å²) in [5, 5.41) is 1.01. The molecule has 0 saturated heterocycles. The SMILES string of the molecule is Nc1ccc2nc(-c3cncs3)sc2c1. The molecule has 0 amide bonds. The van der Waals surface area contributed by atoms with Crippen molar-refractivity contribution < 1.29 is 0 Å². The van der Waals surface area contributed by atoms with E-state index in [2.05, 4.69) is 9.97 Å². The minimum atomic E-state index is 0.780. The Kier molecular flexibility index (Phi) is 1.93. The molecular weight excluding hydrogens is 226 g/mol. The van der Waals surface area contributed by atoms with Gasteiger partial charge in [0.15, 0.2) is 0 Å². The Labute approximate surface area is 94.2 Å². The molecule has 1 aromatic carbocycles. The molecular formula is C10H7N3S2. The highest BCUT2D eigenvalue weighted by atomic mass is 32.1.